The first kappa shape index (κ1) is 8.97. The van der Waals surface area contributed by atoms with E-state index >= 15 is 0 Å². The Morgan fingerprint density at radius 3 is 1.75 bits per heavy atom. The monoisotopic (exact) mass is 263 g/mol. The molecule has 0 spiro atoms. The smallest absolute Gasteiger partial charge is 0.0190 e. The Labute approximate surface area is 43.6 Å². The van der Waals surface area contributed by atoms with Crippen molar-refractivity contribution >= 4 is 17.0 Å². The Balaban J connectivity index is 0. The van der Waals surface area contributed by atoms with Gasteiger partial charge in [-0.05, 0) is 0 Å². The molecule has 24 valence electrons. The molecule has 1 N–H and O–H groups in total. The van der Waals surface area contributed by atoms with Crippen LogP contribution in [-0.4, -0.2) is 0 Å². The van der Waals surface area contributed by atoms with Gasteiger partial charge >= 0.3 is 0 Å². The van der Waals surface area contributed by atoms with Crippen molar-refractivity contribution < 1.29 is 21.1 Å². The van der Waals surface area contributed by atoms with E-state index in [1.54, 1.807) is 0 Å². The van der Waals surface area contributed by atoms with Gasteiger partial charge in [0.05, 0.1) is 0 Å². The fourth-order valence-corrected chi connectivity index (χ4v) is 0. The van der Waals surface area contributed by atoms with Crippen LogP contribution in [0.5, 0.6) is 0 Å². The van der Waals surface area contributed by atoms with Crippen molar-refractivity contribution in [2.45, 2.75) is 0 Å². The third-order valence-electron chi connectivity index (χ3n) is 0. The summed E-state index contributed by atoms with van der Waals surface area (Å²) in [7, 11) is 2.80. The van der Waals surface area contributed by atoms with Crippen LogP contribution in [0.15, 0.2) is 0 Å². The molecule has 0 aliphatic heterocycles. The Morgan fingerprint density at radius 2 is 1.75 bits per heavy atom. The maximum atomic E-state index is 6.14. The molecule has 0 heterocycles. The van der Waals surface area contributed by atoms with Gasteiger partial charge in [0, 0.05) is 29.1 Å². The van der Waals surface area contributed by atoms with Crippen LogP contribution in [0.2, 0.25) is 0 Å². The zero-order valence-electron chi connectivity index (χ0n) is 1.93. The fourth-order valence-electron chi connectivity index (χ4n) is 0. The van der Waals surface area contributed by atoms with E-state index in [1.807, 2.05) is 0 Å². The molecule has 1 unspecified atom stereocenters. The number of rotatable bonds is 0. The first-order valence-corrected chi connectivity index (χ1v) is 2.99. The van der Waals surface area contributed by atoms with Gasteiger partial charge in [-0.25, -0.2) is 0 Å². The van der Waals surface area contributed by atoms with E-state index in [4.69, 9.17) is 5.16 Å². The van der Waals surface area contributed by atoms with Gasteiger partial charge in [0.1, 0.15) is 0 Å². The van der Waals surface area contributed by atoms with Gasteiger partial charge in [0.25, 0.3) is 0 Å². The van der Waals surface area contributed by atoms with Crippen LogP contribution < -0.4 is 0 Å². The molecule has 0 aromatic heterocycles. The third kappa shape index (κ3) is 10.7. The summed E-state index contributed by atoms with van der Waals surface area (Å²) in [6, 6.07) is 0. The normalized spacial score (nSPS) is 5.25. The van der Waals surface area contributed by atoms with Crippen molar-refractivity contribution in [1.29, 1.82) is 5.16 Å². The zero-order chi connectivity index (χ0) is 2.71. The second kappa shape index (κ2) is 8.88. The summed E-state index contributed by atoms with van der Waals surface area (Å²) in [6.45, 7) is 0. The van der Waals surface area contributed by atoms with Crippen molar-refractivity contribution in [2.75, 3.05) is 0 Å². The molecule has 1 nitrogen and oxygen atoms in total. The topological polar surface area (TPSA) is 23.9 Å². The first-order chi connectivity index (χ1) is 1.41. The minimum atomic E-state index is 0. The largest absolute Gasteiger partial charge is 0.280 e. The van der Waals surface area contributed by atoms with Crippen LogP contribution in [0.25, 0.3) is 0 Å². The Hall–Kier alpha value is 1.22. The first-order valence-electron chi connectivity index (χ1n) is 0.482. The predicted molar refractivity (Wildman–Crippen MR) is 19.3 cm³/mol. The van der Waals surface area contributed by atoms with Gasteiger partial charge in [-0.3, -0.25) is 5.16 Å². The van der Waals surface area contributed by atoms with Crippen LogP contribution in [-0.2, 0) is 21.1 Å². The molecule has 0 fully saturated rings. The van der Waals surface area contributed by atoms with Gasteiger partial charge < -0.3 is 0 Å². The van der Waals surface area contributed by atoms with Crippen LogP contribution in [0.1, 0.15) is 0 Å². The third-order valence-corrected chi connectivity index (χ3v) is 0. The molecule has 4 heavy (non-hydrogen) atoms. The van der Waals surface area contributed by atoms with Crippen LogP contribution in [0, 0.1) is 5.16 Å². The molecule has 0 amide bonds. The van der Waals surface area contributed by atoms with E-state index in [2.05, 4.69) is 8.93 Å². The quantitative estimate of drug-likeness (QED) is 0.640. The van der Waals surface area contributed by atoms with E-state index < -0.39 is 0 Å². The van der Waals surface area contributed by atoms with Gasteiger partial charge in [-0.1, -0.05) is 8.93 Å². The average Bonchev–Trinajstić information content (AvgIpc) is 0.918. The summed E-state index contributed by atoms with van der Waals surface area (Å²) in [5.74, 6) is 0. The van der Waals surface area contributed by atoms with Crippen LogP contribution in [0.4, 0.5) is 0 Å². The predicted octanol–water partition coefficient (Wildman–Crippen LogP) is 1.48. The van der Waals surface area contributed by atoms with Gasteiger partial charge in [0.15, 0.2) is 0 Å². The number of nitrogens with one attached hydrogen (secondary N) is 1. The Morgan fingerprint density at radius 1 is 1.75 bits per heavy atom. The van der Waals surface area contributed by atoms with Crippen molar-refractivity contribution in [2.24, 2.45) is 0 Å². The maximum absolute atomic E-state index is 6.14. The molecule has 0 bridgehead atoms. The summed E-state index contributed by atoms with van der Waals surface area (Å²) in [5, 5.41) is 6.14. The van der Waals surface area contributed by atoms with E-state index in [0.717, 1.165) is 0 Å². The van der Waals surface area contributed by atoms with Crippen molar-refractivity contribution in [1.82, 2.24) is 0 Å². The molecule has 4 heteroatoms. The van der Waals surface area contributed by atoms with Gasteiger partial charge in [-0.2, -0.15) is 0 Å². The molecular formula is H3NP2W. The van der Waals surface area contributed by atoms with E-state index in [0.29, 0.717) is 8.06 Å². The molecule has 0 aliphatic rings. The van der Waals surface area contributed by atoms with Crippen molar-refractivity contribution in [3.05, 3.63) is 0 Å². The maximum Gasteiger partial charge on any atom is 0.0190 e. The molecular weight excluding hydrogens is 260 g/mol. The van der Waals surface area contributed by atoms with Crippen molar-refractivity contribution in [3.63, 3.8) is 0 Å². The zero-order valence-corrected chi connectivity index (χ0v) is 6.92. The van der Waals surface area contributed by atoms with Crippen LogP contribution in [0.3, 0.4) is 0 Å². The van der Waals surface area contributed by atoms with Gasteiger partial charge in [0.2, 0.25) is 0 Å². The van der Waals surface area contributed by atoms with E-state index in [1.165, 1.54) is 0 Å². The summed E-state index contributed by atoms with van der Waals surface area (Å²) in [5.41, 5.74) is 0. The average molecular weight is 263 g/mol. The molecule has 0 saturated carbocycles. The van der Waals surface area contributed by atoms with E-state index in [9.17, 15) is 0 Å². The molecule has 0 radical (unpaired) electrons. The Bertz CT molecular complexity index is 13.5. The summed E-state index contributed by atoms with van der Waals surface area (Å²) in [4.78, 5) is 0. The number of hydrogen-bond acceptors (Lipinski definition) is 1. The number of hydrogen-bond donors (Lipinski definition) is 1. The SMILES string of the molecule is N=PP.[W]. The van der Waals surface area contributed by atoms with Crippen molar-refractivity contribution in [3.8, 4) is 0 Å². The molecule has 0 aromatic carbocycles. The molecule has 0 aliphatic carbocycles. The minimum Gasteiger partial charge on any atom is -0.280 e. The molecule has 0 rings (SSSR count). The molecule has 1 atom stereocenters. The second-order valence-electron chi connectivity index (χ2n) is 0.129. The summed E-state index contributed by atoms with van der Waals surface area (Å²) >= 11 is 0. The minimum absolute atomic E-state index is 0. The molecule has 0 aromatic rings. The van der Waals surface area contributed by atoms with Gasteiger partial charge in [-0.15, -0.1) is 0 Å². The van der Waals surface area contributed by atoms with Crippen LogP contribution >= 0.6 is 17.0 Å². The fraction of sp³-hybridized carbons (Fsp3) is 0. The van der Waals surface area contributed by atoms with E-state index in [-0.39, 0.29) is 21.1 Å². The Kier molecular flexibility index (Phi) is 19.9. The standard InChI is InChI=1S/H3NP2.W/c1-3-2;/h1H,2H2;. The second-order valence-corrected chi connectivity index (χ2v) is 1.16. The summed E-state index contributed by atoms with van der Waals surface area (Å²) in [6.07, 6.45) is 0. The summed E-state index contributed by atoms with van der Waals surface area (Å²) < 4.78 is 0. The molecule has 0 saturated heterocycles.